The first kappa shape index (κ1) is 15.4. The summed E-state index contributed by atoms with van der Waals surface area (Å²) in [4.78, 5) is 17.9. The standard InChI is InChI=1S/C20H25N3O2/c1-21-10-6-20(7-11-21)14-23(18-13-25-12-16(18)20)19(24)15-5-9-22-8-3-2-4-17(15)22/h2-5,8-9,16,18H,6-7,10-14H2,1H3/t16-,18+/m0/s1. The number of fused-ring (bicyclic) bond motifs is 3. The fourth-order valence-corrected chi connectivity index (χ4v) is 5.21. The number of carbonyl (C=O) groups is 1. The largest absolute Gasteiger partial charge is 0.379 e. The summed E-state index contributed by atoms with van der Waals surface area (Å²) in [5.41, 5.74) is 2.06. The van der Waals surface area contributed by atoms with Crippen LogP contribution in [0.25, 0.3) is 5.52 Å². The molecule has 0 radical (unpaired) electrons. The molecule has 3 aliphatic rings. The second kappa shape index (κ2) is 5.58. The van der Waals surface area contributed by atoms with Gasteiger partial charge in [0.05, 0.1) is 30.3 Å². The Morgan fingerprint density at radius 3 is 2.84 bits per heavy atom. The number of amides is 1. The molecule has 1 spiro atoms. The summed E-state index contributed by atoms with van der Waals surface area (Å²) in [6.07, 6.45) is 6.32. The average molecular weight is 339 g/mol. The second-order valence-corrected chi connectivity index (χ2v) is 8.03. The lowest BCUT2D eigenvalue weighted by Crippen LogP contribution is -2.43. The summed E-state index contributed by atoms with van der Waals surface area (Å²) < 4.78 is 7.86. The third-order valence-corrected chi connectivity index (χ3v) is 6.76. The molecule has 0 bridgehead atoms. The van der Waals surface area contributed by atoms with Crippen molar-refractivity contribution in [3.8, 4) is 0 Å². The number of carbonyl (C=O) groups excluding carboxylic acids is 1. The fraction of sp³-hybridized carbons (Fsp3) is 0.550. The summed E-state index contributed by atoms with van der Waals surface area (Å²) in [5.74, 6) is 0.670. The third kappa shape index (κ3) is 2.26. The number of piperidine rings is 1. The highest BCUT2D eigenvalue weighted by atomic mass is 16.5. The lowest BCUT2D eigenvalue weighted by Gasteiger charge is -2.40. The summed E-state index contributed by atoms with van der Waals surface area (Å²) in [5, 5.41) is 0. The Morgan fingerprint density at radius 2 is 2.00 bits per heavy atom. The monoisotopic (exact) mass is 339 g/mol. The van der Waals surface area contributed by atoms with Crippen LogP contribution >= 0.6 is 0 Å². The van der Waals surface area contributed by atoms with E-state index in [9.17, 15) is 4.79 Å². The molecule has 5 heteroatoms. The van der Waals surface area contributed by atoms with Crippen molar-refractivity contribution in [2.45, 2.75) is 18.9 Å². The van der Waals surface area contributed by atoms with Crippen molar-refractivity contribution in [2.75, 3.05) is 39.9 Å². The predicted molar refractivity (Wildman–Crippen MR) is 95.7 cm³/mol. The fourth-order valence-electron chi connectivity index (χ4n) is 5.21. The van der Waals surface area contributed by atoms with Crippen molar-refractivity contribution in [1.82, 2.24) is 14.2 Å². The molecule has 5 rings (SSSR count). The number of rotatable bonds is 1. The Labute approximate surface area is 148 Å². The number of nitrogens with zero attached hydrogens (tertiary/aromatic N) is 3. The van der Waals surface area contributed by atoms with Crippen LogP contribution in [0, 0.1) is 11.3 Å². The number of hydrogen-bond acceptors (Lipinski definition) is 3. The van der Waals surface area contributed by atoms with Crippen molar-refractivity contribution in [3.63, 3.8) is 0 Å². The lowest BCUT2D eigenvalue weighted by atomic mass is 9.70. The van der Waals surface area contributed by atoms with Gasteiger partial charge in [-0.1, -0.05) is 6.07 Å². The number of aromatic nitrogens is 1. The normalized spacial score (nSPS) is 28.8. The zero-order valence-corrected chi connectivity index (χ0v) is 14.7. The van der Waals surface area contributed by atoms with E-state index in [-0.39, 0.29) is 17.4 Å². The van der Waals surface area contributed by atoms with Gasteiger partial charge < -0.3 is 18.9 Å². The van der Waals surface area contributed by atoms with Gasteiger partial charge in [-0.3, -0.25) is 4.79 Å². The summed E-state index contributed by atoms with van der Waals surface area (Å²) in [7, 11) is 2.20. The van der Waals surface area contributed by atoms with Gasteiger partial charge >= 0.3 is 0 Å². The third-order valence-electron chi connectivity index (χ3n) is 6.76. The first-order chi connectivity index (χ1) is 12.2. The van der Waals surface area contributed by atoms with E-state index >= 15 is 0 Å². The van der Waals surface area contributed by atoms with Crippen LogP contribution in [-0.2, 0) is 4.74 Å². The maximum atomic E-state index is 13.4. The van der Waals surface area contributed by atoms with E-state index in [1.165, 1.54) is 12.8 Å². The Balaban J connectivity index is 1.48. The molecule has 0 saturated carbocycles. The van der Waals surface area contributed by atoms with E-state index in [1.807, 2.05) is 41.1 Å². The zero-order valence-electron chi connectivity index (χ0n) is 14.7. The van der Waals surface area contributed by atoms with Crippen molar-refractivity contribution >= 4 is 11.4 Å². The van der Waals surface area contributed by atoms with Gasteiger partial charge in [0.1, 0.15) is 0 Å². The van der Waals surface area contributed by atoms with Crippen molar-refractivity contribution in [1.29, 1.82) is 0 Å². The lowest BCUT2D eigenvalue weighted by molar-refractivity contribution is 0.0499. The van der Waals surface area contributed by atoms with Gasteiger partial charge in [0.2, 0.25) is 0 Å². The van der Waals surface area contributed by atoms with Crippen LogP contribution in [0.1, 0.15) is 23.2 Å². The molecule has 0 aliphatic carbocycles. The molecule has 132 valence electrons. The molecule has 0 N–H and O–H groups in total. The molecule has 2 atom stereocenters. The Hall–Kier alpha value is -1.85. The van der Waals surface area contributed by atoms with Gasteiger partial charge in [-0.25, -0.2) is 0 Å². The minimum atomic E-state index is 0.171. The molecule has 1 amide bonds. The molecular weight excluding hydrogens is 314 g/mol. The molecule has 3 fully saturated rings. The Kier molecular flexibility index (Phi) is 3.44. The SMILES string of the molecule is CN1CCC2(CC1)CN(C(=O)c1ccn3ccccc13)[C@@H]1COC[C@@H]12. The number of ether oxygens (including phenoxy) is 1. The molecule has 0 unspecified atom stereocenters. The van der Waals surface area contributed by atoms with E-state index in [0.717, 1.165) is 37.3 Å². The average Bonchev–Trinajstić information content (AvgIpc) is 3.33. The number of pyridine rings is 1. The van der Waals surface area contributed by atoms with Crippen molar-refractivity contribution < 1.29 is 9.53 Å². The molecule has 5 nitrogen and oxygen atoms in total. The summed E-state index contributed by atoms with van der Waals surface area (Å²) in [6, 6.07) is 8.22. The highest BCUT2D eigenvalue weighted by Gasteiger charge is 2.56. The van der Waals surface area contributed by atoms with Gasteiger partial charge in [-0.15, -0.1) is 0 Å². The van der Waals surface area contributed by atoms with E-state index in [2.05, 4.69) is 16.8 Å². The molecule has 5 heterocycles. The maximum Gasteiger partial charge on any atom is 0.256 e. The topological polar surface area (TPSA) is 37.2 Å². The van der Waals surface area contributed by atoms with Crippen molar-refractivity contribution in [2.24, 2.45) is 11.3 Å². The smallest absolute Gasteiger partial charge is 0.256 e. The van der Waals surface area contributed by atoms with E-state index in [0.29, 0.717) is 12.5 Å². The quantitative estimate of drug-likeness (QED) is 0.799. The van der Waals surface area contributed by atoms with Gasteiger partial charge in [0.25, 0.3) is 5.91 Å². The van der Waals surface area contributed by atoms with Gasteiger partial charge in [-0.05, 0) is 56.6 Å². The minimum Gasteiger partial charge on any atom is -0.379 e. The summed E-state index contributed by atoms with van der Waals surface area (Å²) in [6.45, 7) is 4.65. The predicted octanol–water partition coefficient (Wildman–Crippen LogP) is 2.12. The van der Waals surface area contributed by atoms with E-state index < -0.39 is 0 Å². The number of likely N-dealkylation sites (tertiary alicyclic amines) is 2. The molecule has 25 heavy (non-hydrogen) atoms. The molecule has 0 aromatic carbocycles. The first-order valence-electron chi connectivity index (χ1n) is 9.31. The Morgan fingerprint density at radius 1 is 1.16 bits per heavy atom. The molecule has 2 aromatic heterocycles. The van der Waals surface area contributed by atoms with Crippen molar-refractivity contribution in [3.05, 3.63) is 42.2 Å². The molecule has 3 aliphatic heterocycles. The van der Waals surface area contributed by atoms with Crippen LogP contribution in [-0.4, -0.2) is 66.0 Å². The molecular formula is C20H25N3O2. The van der Waals surface area contributed by atoms with Crippen LogP contribution in [0.2, 0.25) is 0 Å². The van der Waals surface area contributed by atoms with E-state index in [4.69, 9.17) is 4.74 Å². The zero-order chi connectivity index (χ0) is 17.0. The molecule has 2 aromatic rings. The maximum absolute atomic E-state index is 13.4. The highest BCUT2D eigenvalue weighted by molar-refractivity contribution is 6.01. The van der Waals surface area contributed by atoms with Gasteiger partial charge in [-0.2, -0.15) is 0 Å². The van der Waals surface area contributed by atoms with Crippen LogP contribution in [0.5, 0.6) is 0 Å². The second-order valence-electron chi connectivity index (χ2n) is 8.03. The van der Waals surface area contributed by atoms with Crippen LogP contribution in [0.3, 0.4) is 0 Å². The first-order valence-corrected chi connectivity index (χ1v) is 9.31. The van der Waals surface area contributed by atoms with E-state index in [1.54, 1.807) is 0 Å². The number of hydrogen-bond donors (Lipinski definition) is 0. The highest BCUT2D eigenvalue weighted by Crippen LogP contribution is 2.50. The van der Waals surface area contributed by atoms with Crippen LogP contribution in [0.4, 0.5) is 0 Å². The molecule has 3 saturated heterocycles. The summed E-state index contributed by atoms with van der Waals surface area (Å²) >= 11 is 0. The van der Waals surface area contributed by atoms with Crippen LogP contribution in [0.15, 0.2) is 36.7 Å². The van der Waals surface area contributed by atoms with Gasteiger partial charge in [0.15, 0.2) is 0 Å². The minimum absolute atomic E-state index is 0.171. The van der Waals surface area contributed by atoms with Crippen LogP contribution < -0.4 is 0 Å². The van der Waals surface area contributed by atoms with Gasteiger partial charge in [0, 0.05) is 24.9 Å². The Bertz CT molecular complexity index is 806.